The first kappa shape index (κ1) is 23.2. The van der Waals surface area contributed by atoms with E-state index in [0.717, 1.165) is 18.7 Å². The third-order valence-electron chi connectivity index (χ3n) is 5.52. The van der Waals surface area contributed by atoms with Gasteiger partial charge in [-0.25, -0.2) is 0 Å². The second-order valence-corrected chi connectivity index (χ2v) is 8.16. The molecule has 0 bridgehead atoms. The molecular formula is C27H31N3O2. The minimum atomic E-state index is -0.190. The Morgan fingerprint density at radius 1 is 0.844 bits per heavy atom. The summed E-state index contributed by atoms with van der Waals surface area (Å²) in [7, 11) is 0. The van der Waals surface area contributed by atoms with E-state index in [0.29, 0.717) is 28.5 Å². The molecule has 2 N–H and O–H groups in total. The number of hydrogen-bond acceptors (Lipinski definition) is 3. The zero-order valence-corrected chi connectivity index (χ0v) is 19.2. The van der Waals surface area contributed by atoms with Crippen molar-refractivity contribution in [1.82, 2.24) is 4.90 Å². The Bertz CT molecular complexity index is 1060. The molecule has 0 fully saturated rings. The van der Waals surface area contributed by atoms with Gasteiger partial charge in [0.25, 0.3) is 11.8 Å². The van der Waals surface area contributed by atoms with Crippen molar-refractivity contribution in [3.8, 4) is 0 Å². The molecule has 2 amide bonds. The molecule has 5 nitrogen and oxygen atoms in total. The van der Waals surface area contributed by atoms with Crippen LogP contribution in [0, 0.1) is 6.92 Å². The first-order chi connectivity index (χ1) is 15.4. The molecule has 0 heterocycles. The highest BCUT2D eigenvalue weighted by Gasteiger charge is 2.12. The second-order valence-electron chi connectivity index (χ2n) is 8.16. The third-order valence-corrected chi connectivity index (χ3v) is 5.52. The molecule has 3 rings (SSSR count). The first-order valence-electron chi connectivity index (χ1n) is 11.0. The molecule has 0 aliphatic rings. The van der Waals surface area contributed by atoms with Gasteiger partial charge in [0.15, 0.2) is 0 Å². The van der Waals surface area contributed by atoms with E-state index < -0.39 is 0 Å². The summed E-state index contributed by atoms with van der Waals surface area (Å²) in [5, 5.41) is 5.85. The summed E-state index contributed by atoms with van der Waals surface area (Å²) in [4.78, 5) is 27.6. The molecule has 166 valence electrons. The highest BCUT2D eigenvalue weighted by Crippen LogP contribution is 2.22. The summed E-state index contributed by atoms with van der Waals surface area (Å²) in [6.45, 7) is 10.3. The number of amides is 2. The molecule has 0 atom stereocenters. The molecule has 0 saturated carbocycles. The topological polar surface area (TPSA) is 61.4 Å². The lowest BCUT2D eigenvalue weighted by atomic mass is 10.1. The standard InChI is InChI=1S/C27H31N3O2/c1-5-30(19(2)3)18-21-12-14-23(15-13-21)27(32)29-25-17-24(16-11-20(25)4)28-26(31)22-9-7-6-8-10-22/h6-17,19H,5,18H2,1-4H3,(H,28,31)(H,29,32). The van der Waals surface area contributed by atoms with E-state index in [4.69, 9.17) is 0 Å². The maximum absolute atomic E-state index is 12.8. The molecule has 0 saturated heterocycles. The van der Waals surface area contributed by atoms with Crippen LogP contribution < -0.4 is 10.6 Å². The van der Waals surface area contributed by atoms with Crippen LogP contribution in [0.5, 0.6) is 0 Å². The number of carbonyl (C=O) groups is 2. The van der Waals surface area contributed by atoms with Crippen molar-refractivity contribution in [3.05, 3.63) is 95.1 Å². The number of nitrogens with zero attached hydrogens (tertiary/aromatic N) is 1. The normalized spacial score (nSPS) is 10.9. The lowest BCUT2D eigenvalue weighted by Gasteiger charge is -2.24. The molecule has 0 radical (unpaired) electrons. The Morgan fingerprint density at radius 2 is 1.47 bits per heavy atom. The molecule has 3 aromatic carbocycles. The molecule has 0 spiro atoms. The minimum Gasteiger partial charge on any atom is -0.322 e. The number of rotatable bonds is 8. The van der Waals surface area contributed by atoms with Gasteiger partial charge in [-0.05, 0) is 74.8 Å². The molecule has 0 aliphatic carbocycles. The Labute approximate surface area is 190 Å². The molecular weight excluding hydrogens is 398 g/mol. The highest BCUT2D eigenvalue weighted by atomic mass is 16.2. The van der Waals surface area contributed by atoms with E-state index in [1.54, 1.807) is 18.2 Å². The summed E-state index contributed by atoms with van der Waals surface area (Å²) in [5.41, 5.74) is 4.57. The van der Waals surface area contributed by atoms with Crippen molar-refractivity contribution < 1.29 is 9.59 Å². The molecule has 0 aliphatic heterocycles. The van der Waals surface area contributed by atoms with Crippen molar-refractivity contribution in [3.63, 3.8) is 0 Å². The van der Waals surface area contributed by atoms with Crippen molar-refractivity contribution in [1.29, 1.82) is 0 Å². The summed E-state index contributed by atoms with van der Waals surface area (Å²) in [6.07, 6.45) is 0. The number of hydrogen-bond donors (Lipinski definition) is 2. The van der Waals surface area contributed by atoms with Gasteiger partial charge in [0.1, 0.15) is 0 Å². The van der Waals surface area contributed by atoms with Crippen LogP contribution in [0.4, 0.5) is 11.4 Å². The summed E-state index contributed by atoms with van der Waals surface area (Å²) in [5.74, 6) is -0.368. The maximum atomic E-state index is 12.8. The van der Waals surface area contributed by atoms with Gasteiger partial charge in [-0.1, -0.05) is 43.3 Å². The van der Waals surface area contributed by atoms with Crippen LogP contribution in [0.3, 0.4) is 0 Å². The van der Waals surface area contributed by atoms with Crippen LogP contribution in [0.1, 0.15) is 52.6 Å². The van der Waals surface area contributed by atoms with Gasteiger partial charge in [-0.3, -0.25) is 14.5 Å². The number of nitrogens with one attached hydrogen (secondary N) is 2. The van der Waals surface area contributed by atoms with Crippen LogP contribution in [-0.2, 0) is 6.54 Å². The van der Waals surface area contributed by atoms with Gasteiger partial charge >= 0.3 is 0 Å². The van der Waals surface area contributed by atoms with Gasteiger partial charge in [-0.15, -0.1) is 0 Å². The van der Waals surface area contributed by atoms with E-state index in [9.17, 15) is 9.59 Å². The van der Waals surface area contributed by atoms with E-state index in [2.05, 4.69) is 36.3 Å². The predicted octanol–water partition coefficient (Wildman–Crippen LogP) is 5.73. The average Bonchev–Trinajstić information content (AvgIpc) is 2.80. The van der Waals surface area contributed by atoms with Crippen molar-refractivity contribution in [2.45, 2.75) is 40.3 Å². The molecule has 3 aromatic rings. The fourth-order valence-electron chi connectivity index (χ4n) is 3.48. The minimum absolute atomic E-state index is 0.178. The molecule has 32 heavy (non-hydrogen) atoms. The fourth-order valence-corrected chi connectivity index (χ4v) is 3.48. The number of carbonyl (C=O) groups excluding carboxylic acids is 2. The lowest BCUT2D eigenvalue weighted by molar-refractivity contribution is 0.101. The van der Waals surface area contributed by atoms with Crippen molar-refractivity contribution in [2.24, 2.45) is 0 Å². The summed E-state index contributed by atoms with van der Waals surface area (Å²) in [6, 6.07) is 22.7. The van der Waals surface area contributed by atoms with E-state index in [1.165, 1.54) is 5.56 Å². The zero-order chi connectivity index (χ0) is 23.1. The van der Waals surface area contributed by atoms with E-state index in [1.807, 2.05) is 61.5 Å². The van der Waals surface area contributed by atoms with Gasteiger partial charge in [0, 0.05) is 35.1 Å². The monoisotopic (exact) mass is 429 g/mol. The van der Waals surface area contributed by atoms with E-state index in [-0.39, 0.29) is 11.8 Å². The van der Waals surface area contributed by atoms with Crippen molar-refractivity contribution >= 4 is 23.2 Å². The number of benzene rings is 3. The Morgan fingerprint density at radius 3 is 2.09 bits per heavy atom. The lowest BCUT2D eigenvalue weighted by Crippen LogP contribution is -2.29. The summed E-state index contributed by atoms with van der Waals surface area (Å²) < 4.78 is 0. The van der Waals surface area contributed by atoms with Crippen molar-refractivity contribution in [2.75, 3.05) is 17.2 Å². The molecule has 0 unspecified atom stereocenters. The maximum Gasteiger partial charge on any atom is 0.255 e. The van der Waals surface area contributed by atoms with E-state index >= 15 is 0 Å². The van der Waals surface area contributed by atoms with Crippen LogP contribution in [-0.4, -0.2) is 29.3 Å². The highest BCUT2D eigenvalue weighted by molar-refractivity contribution is 6.06. The molecule has 0 aromatic heterocycles. The second kappa shape index (κ2) is 10.7. The van der Waals surface area contributed by atoms with Gasteiger partial charge in [0.05, 0.1) is 0 Å². The van der Waals surface area contributed by atoms with Crippen LogP contribution >= 0.6 is 0 Å². The first-order valence-corrected chi connectivity index (χ1v) is 11.0. The average molecular weight is 430 g/mol. The van der Waals surface area contributed by atoms with Gasteiger partial charge < -0.3 is 10.6 Å². The Balaban J connectivity index is 1.68. The van der Waals surface area contributed by atoms with Crippen LogP contribution in [0.25, 0.3) is 0 Å². The predicted molar refractivity (Wildman–Crippen MR) is 131 cm³/mol. The fraction of sp³-hybridized carbons (Fsp3) is 0.259. The summed E-state index contributed by atoms with van der Waals surface area (Å²) >= 11 is 0. The van der Waals surface area contributed by atoms with Gasteiger partial charge in [-0.2, -0.15) is 0 Å². The SMILES string of the molecule is CCN(Cc1ccc(C(=O)Nc2cc(NC(=O)c3ccccc3)ccc2C)cc1)C(C)C. The van der Waals surface area contributed by atoms with Gasteiger partial charge in [0.2, 0.25) is 0 Å². The smallest absolute Gasteiger partial charge is 0.255 e. The molecule has 5 heteroatoms. The number of aryl methyl sites for hydroxylation is 1. The largest absolute Gasteiger partial charge is 0.322 e. The Kier molecular flexibility index (Phi) is 7.79. The zero-order valence-electron chi connectivity index (χ0n) is 19.2. The van der Waals surface area contributed by atoms with Crippen LogP contribution in [0.15, 0.2) is 72.8 Å². The third kappa shape index (κ3) is 6.05. The van der Waals surface area contributed by atoms with Crippen LogP contribution in [0.2, 0.25) is 0 Å². The quantitative estimate of drug-likeness (QED) is 0.481. The Hall–Kier alpha value is -3.44. The number of anilines is 2.